The van der Waals surface area contributed by atoms with Gasteiger partial charge in [-0.05, 0) is 157 Å². The number of rotatable bonds is 31. The van der Waals surface area contributed by atoms with Crippen LogP contribution in [0.1, 0.15) is 76.2 Å². The van der Waals surface area contributed by atoms with E-state index in [4.69, 9.17) is 74.3 Å². The number of alkyl halides is 1. The molecule has 9 nitrogen and oxygen atoms in total. The van der Waals surface area contributed by atoms with Gasteiger partial charge in [-0.2, -0.15) is 0 Å². The quantitative estimate of drug-likeness (QED) is 0.0117. The molecule has 0 aliphatic rings. The van der Waals surface area contributed by atoms with Gasteiger partial charge >= 0.3 is 29.6 Å². The van der Waals surface area contributed by atoms with Gasteiger partial charge in [-0.3, -0.25) is 0 Å². The smallest absolute Gasteiger partial charge is 0.512 e. The average Bonchev–Trinajstić information content (AvgIpc) is 3.34. The molecule has 0 heterocycles. The molecule has 0 fully saturated rings. The summed E-state index contributed by atoms with van der Waals surface area (Å²) in [6.07, 6.45) is 16.8. The van der Waals surface area contributed by atoms with E-state index in [1.807, 2.05) is 91.9 Å². The van der Waals surface area contributed by atoms with E-state index < -0.39 is 24.1 Å². The summed E-state index contributed by atoms with van der Waals surface area (Å²) >= 11 is 21.6. The Hall–Kier alpha value is 3.81. The molecule has 0 aromatic rings. The summed E-state index contributed by atoms with van der Waals surface area (Å²) in [4.78, 5) is 17.0. The van der Waals surface area contributed by atoms with Crippen LogP contribution in [0.3, 0.4) is 0 Å². The van der Waals surface area contributed by atoms with E-state index in [9.17, 15) is 4.79 Å². The largest absolute Gasteiger partial charge is 1.00 e. The molecule has 0 amide bonds. The van der Waals surface area contributed by atoms with Crippen molar-refractivity contribution in [1.82, 2.24) is 0 Å². The van der Waals surface area contributed by atoms with Crippen LogP contribution in [0.15, 0.2) is 74.4 Å². The van der Waals surface area contributed by atoms with Gasteiger partial charge in [0.15, 0.2) is 0 Å². The molecule has 6 radical (unpaired) electrons. The molecule has 72 heavy (non-hydrogen) atoms. The third-order valence-corrected chi connectivity index (χ3v) is 13.1. The van der Waals surface area contributed by atoms with Crippen molar-refractivity contribution >= 4 is 192 Å². The maximum atomic E-state index is 10.7. The van der Waals surface area contributed by atoms with Gasteiger partial charge in [0.1, 0.15) is 29.0 Å². The Balaban J connectivity index is -0.000000112. The van der Waals surface area contributed by atoms with Crippen LogP contribution in [0.4, 0.5) is 0 Å². The number of aldehydes is 1. The molecular weight excluding hydrogens is 1540 g/mol. The van der Waals surface area contributed by atoms with Crippen molar-refractivity contribution in [2.24, 2.45) is 53.3 Å². The second-order valence-electron chi connectivity index (χ2n) is 15.8. The van der Waals surface area contributed by atoms with Crippen molar-refractivity contribution in [2.45, 2.75) is 113 Å². The molecule has 3 unspecified atom stereocenters. The molecule has 0 aromatic carbocycles. The van der Waals surface area contributed by atoms with Crippen LogP contribution in [0.2, 0.25) is 0 Å². The molecule has 3 N–H and O–H groups in total. The Bertz CT molecular complexity index is 1550. The molecule has 0 aromatic heterocycles. The number of halogens is 4. The molecule has 0 saturated carbocycles. The minimum atomic E-state index is -1.02. The van der Waals surface area contributed by atoms with E-state index in [-0.39, 0.29) is 121 Å². The molecule has 0 bridgehead atoms. The Morgan fingerprint density at radius 2 is 0.903 bits per heavy atom. The van der Waals surface area contributed by atoms with E-state index in [2.05, 4.69) is 176 Å². The van der Waals surface area contributed by atoms with Crippen LogP contribution in [0.25, 0.3) is 4.85 Å². The number of hydrogen-bond donors (Lipinski definition) is 3. The predicted octanol–water partition coefficient (Wildman–Crippen LogP) is 13.4. The van der Waals surface area contributed by atoms with E-state index in [1.54, 1.807) is 18.2 Å². The van der Waals surface area contributed by atoms with Crippen LogP contribution < -0.4 is 29.6 Å². The Labute approximate surface area is 547 Å². The predicted molar refractivity (Wildman–Crippen MR) is 367 cm³/mol. The van der Waals surface area contributed by atoms with Crippen molar-refractivity contribution in [3.8, 4) is 0 Å². The van der Waals surface area contributed by atoms with Gasteiger partial charge in [-0.1, -0.05) is 167 Å². The second kappa shape index (κ2) is 67.3. The number of aliphatic hydroxyl groups excluding tert-OH is 3. The Kier molecular flexibility index (Phi) is 81.4. The summed E-state index contributed by atoms with van der Waals surface area (Å²) in [5.41, 5.74) is 0. The molecule has 26 heteroatoms. The summed E-state index contributed by atoms with van der Waals surface area (Å²) < 4.78 is 40.7. The maximum Gasteiger partial charge on any atom is 1.00 e. The van der Waals surface area contributed by atoms with Gasteiger partial charge in [-0.15, -0.1) is 0 Å². The van der Waals surface area contributed by atoms with Crippen molar-refractivity contribution < 1.29 is 63.2 Å². The number of hydrogen-bond acceptors (Lipinski definition) is 11. The number of carbonyl (C=O) groups is 1. The van der Waals surface area contributed by atoms with Crippen molar-refractivity contribution in [2.75, 3.05) is 31.0 Å². The minimum absolute atomic E-state index is 0. The second-order valence-corrected chi connectivity index (χ2v) is 32.9. The zero-order valence-corrected chi connectivity index (χ0v) is 62.0. The fourth-order valence-corrected chi connectivity index (χ4v) is 9.22. The zero-order valence-electron chi connectivity index (χ0n) is 46.6. The molecule has 0 saturated heterocycles. The molecule has 402 valence electrons. The maximum absolute atomic E-state index is 10.7. The summed E-state index contributed by atoms with van der Waals surface area (Å²) in [5.74, 6) is 0.621. The third-order valence-electron chi connectivity index (χ3n) is 9.95. The summed E-state index contributed by atoms with van der Waals surface area (Å²) in [7, 11) is 14.5. The van der Waals surface area contributed by atoms with Gasteiger partial charge in [-0.25, -0.2) is 6.57 Å². The fourth-order valence-electron chi connectivity index (χ4n) is 6.42. The SMILES string of the molecule is C.S=PI.S=PI.S=PI.[3H]O[C@@H]([C@H](C)[C@@H](OP([B])C)[C@@H](C)/C=C\C=C)[C@@H](C)CC=O.[3H]O[C@@H]([C@H](C)[C@@H](OP([B])C)[C@@H](C)/C=C\C=C)[C@@H](C)CI.[3H]O[C@@H]([C@H](C)[C@@H](OP([B])C)[C@@H](C)/C=C\C=C)[C@@H](C)C[N+]#[C-].[C-]#N.[Na+]. The summed E-state index contributed by atoms with van der Waals surface area (Å²) in [5, 5.41) is 21.0. The van der Waals surface area contributed by atoms with Gasteiger partial charge in [0.05, 0.1) is 42.5 Å². The number of aliphatic hydroxyl groups is 3. The van der Waals surface area contributed by atoms with E-state index in [0.29, 0.717) is 18.9 Å². The van der Waals surface area contributed by atoms with Gasteiger partial charge < -0.3 is 50.4 Å². The first-order valence-corrected chi connectivity index (χ1v) is 42.4. The standard InChI is InChI=1S/C15H25BNO2P.C15H26BO3P.C14H25BIO2P.CN.CH4.3IPS.Na/c1-7-8-9-11(2)15(19-20(6)16)13(4)14(18)12(3)10-17-5;1-6-7-8-12(3)15(19-20(5)16)13(4)14(18)11(2)9-10-17;1-6-7-8-10(2)14(18-19(5)15)12(4)13(17)11(3)9-16;1-2;;3*1-2-3;/h7-9,11-15,18H,1,10H2,2-4,6H3;6-8,10-15,18H,1,9H2,2-5H3;6-8,10-14,17H,1,9H2,2-5H3;;1H4;;;;/q;;;-1;;;;;+1/b9-8-;2*8-7-;;;;;;/t2*11-,12-,13-,14+,15-,20?;10-,11-,12-,13+,14-,19?;;;;;;/m000....../s1/i2*18T;17T;;;;;;. The van der Waals surface area contributed by atoms with Crippen LogP contribution in [0, 0.1) is 71.7 Å². The first kappa shape index (κ1) is 87.1. The van der Waals surface area contributed by atoms with Crippen LogP contribution in [-0.4, -0.2) is 116 Å². The number of nitrogens with zero attached hydrogens (tertiary/aromatic N) is 2. The molecule has 0 spiro atoms. The number of allylic oxidation sites excluding steroid dienone is 6. The minimum Gasteiger partial charge on any atom is -0.512 e. The van der Waals surface area contributed by atoms with Crippen molar-refractivity contribution in [1.29, 1.82) is 9.56 Å². The van der Waals surface area contributed by atoms with Gasteiger partial charge in [0, 0.05) is 61.4 Å². The topological polar surface area (TPSA) is 134 Å². The van der Waals surface area contributed by atoms with Crippen LogP contribution in [0.5, 0.6) is 0 Å². The first-order chi connectivity index (χ1) is 34.4. The van der Waals surface area contributed by atoms with Gasteiger partial charge in [0.25, 0.3) is 0 Å². The molecule has 0 aliphatic heterocycles. The normalized spacial score (nSPS) is 18.7. The van der Waals surface area contributed by atoms with Crippen molar-refractivity contribution in [3.05, 3.63) is 92.4 Å². The van der Waals surface area contributed by atoms with E-state index in [1.165, 1.54) is 0 Å². The monoisotopic (exact) mass is 1620 g/mol. The van der Waals surface area contributed by atoms with Crippen LogP contribution >= 0.6 is 128 Å². The molecule has 0 rings (SSSR count). The Morgan fingerprint density at radius 3 is 1.10 bits per heavy atom. The average molecular weight is 1620 g/mol. The van der Waals surface area contributed by atoms with Gasteiger partial charge in [0.2, 0.25) is 10.8 Å². The zero-order chi connectivity index (χ0) is 58.7. The first-order valence-electron chi connectivity index (χ1n) is 22.7. The third kappa shape index (κ3) is 55.7. The molecule has 18 atom stereocenters. The van der Waals surface area contributed by atoms with Crippen LogP contribution in [-0.2, 0) is 53.8 Å². The number of carbonyl (C=O) groups excluding carboxylic acids is 1. The summed E-state index contributed by atoms with van der Waals surface area (Å²) in [6, 6.07) is 0. The Morgan fingerprint density at radius 1 is 0.653 bits per heavy atom. The van der Waals surface area contributed by atoms with E-state index in [0.717, 1.165) is 25.7 Å². The fraction of sp³-hybridized carbons (Fsp3) is 0.674. The molecular formula is C46H80B3I4N2NaO7P6S3. The van der Waals surface area contributed by atoms with Crippen molar-refractivity contribution in [3.63, 3.8) is 0 Å². The summed E-state index contributed by atoms with van der Waals surface area (Å²) in [6.45, 7) is 46.8. The molecule has 0 aliphatic carbocycles. The van der Waals surface area contributed by atoms with E-state index >= 15 is 0 Å².